The minimum atomic E-state index is 0.0353. The summed E-state index contributed by atoms with van der Waals surface area (Å²) in [6.45, 7) is 2.94. The van der Waals surface area contributed by atoms with E-state index in [0.29, 0.717) is 0 Å². The van der Waals surface area contributed by atoms with Crippen LogP contribution >= 0.6 is 0 Å². The van der Waals surface area contributed by atoms with Gasteiger partial charge in [0.15, 0.2) is 6.29 Å². The van der Waals surface area contributed by atoms with Gasteiger partial charge >= 0.3 is 0 Å². The fourth-order valence-electron chi connectivity index (χ4n) is 3.67. The summed E-state index contributed by atoms with van der Waals surface area (Å²) in [5.74, 6) is 1.82. The summed E-state index contributed by atoms with van der Waals surface area (Å²) < 4.78 is 11.5. The van der Waals surface area contributed by atoms with Crippen molar-refractivity contribution in [2.45, 2.75) is 50.9 Å². The molecule has 0 radical (unpaired) electrons. The Labute approximate surface area is 79.6 Å². The van der Waals surface area contributed by atoms with Crippen LogP contribution in [0.3, 0.4) is 0 Å². The monoisotopic (exact) mass is 182 g/mol. The molecule has 2 saturated carbocycles. The van der Waals surface area contributed by atoms with E-state index in [1.54, 1.807) is 0 Å². The zero-order valence-corrected chi connectivity index (χ0v) is 8.29. The predicted octanol–water partition coefficient (Wildman–Crippen LogP) is 2.33. The fraction of sp³-hybridized carbons (Fsp3) is 1.00. The third kappa shape index (κ3) is 1.15. The topological polar surface area (TPSA) is 18.5 Å². The first-order valence-corrected chi connectivity index (χ1v) is 5.58. The third-order valence-electron chi connectivity index (χ3n) is 4.20. The molecular weight excluding hydrogens is 164 g/mol. The third-order valence-corrected chi connectivity index (χ3v) is 4.20. The maximum absolute atomic E-state index is 6.05. The Kier molecular flexibility index (Phi) is 1.72. The molecule has 2 bridgehead atoms. The second-order valence-electron chi connectivity index (χ2n) is 4.95. The van der Waals surface area contributed by atoms with Crippen LogP contribution in [-0.2, 0) is 9.47 Å². The van der Waals surface area contributed by atoms with E-state index in [0.717, 1.165) is 24.9 Å². The molecule has 3 aliphatic rings. The highest BCUT2D eigenvalue weighted by Gasteiger charge is 2.53. The molecule has 0 aromatic carbocycles. The maximum Gasteiger partial charge on any atom is 0.155 e. The summed E-state index contributed by atoms with van der Waals surface area (Å²) in [4.78, 5) is 0. The summed E-state index contributed by atoms with van der Waals surface area (Å²) in [6.07, 6.45) is 6.76. The van der Waals surface area contributed by atoms with Gasteiger partial charge in [0.1, 0.15) is 0 Å². The normalized spacial score (nSPS) is 54.7. The molecule has 74 valence electrons. The second-order valence-corrected chi connectivity index (χ2v) is 4.95. The number of hydrogen-bond acceptors (Lipinski definition) is 2. The molecule has 2 aliphatic carbocycles. The Hall–Kier alpha value is -0.0800. The van der Waals surface area contributed by atoms with Gasteiger partial charge in [0.2, 0.25) is 0 Å². The van der Waals surface area contributed by atoms with Gasteiger partial charge in [-0.1, -0.05) is 0 Å². The second kappa shape index (κ2) is 2.71. The Morgan fingerprint density at radius 2 is 2.23 bits per heavy atom. The number of rotatable bonds is 0. The number of hydrogen-bond donors (Lipinski definition) is 0. The Balaban J connectivity index is 1.81. The highest BCUT2D eigenvalue weighted by Crippen LogP contribution is 2.55. The van der Waals surface area contributed by atoms with E-state index in [1.807, 2.05) is 6.92 Å². The lowest BCUT2D eigenvalue weighted by Crippen LogP contribution is -2.46. The molecular formula is C11H18O2. The zero-order valence-electron chi connectivity index (χ0n) is 8.29. The van der Waals surface area contributed by atoms with Gasteiger partial charge in [0.25, 0.3) is 0 Å². The van der Waals surface area contributed by atoms with Gasteiger partial charge in [-0.15, -0.1) is 0 Å². The average Bonchev–Trinajstić information content (AvgIpc) is 2.63. The van der Waals surface area contributed by atoms with E-state index < -0.39 is 0 Å². The van der Waals surface area contributed by atoms with Crippen molar-refractivity contribution in [3.63, 3.8) is 0 Å². The van der Waals surface area contributed by atoms with Crippen LogP contribution in [0.4, 0.5) is 0 Å². The van der Waals surface area contributed by atoms with Gasteiger partial charge in [0, 0.05) is 6.42 Å². The summed E-state index contributed by atoms with van der Waals surface area (Å²) >= 11 is 0. The largest absolute Gasteiger partial charge is 0.353 e. The van der Waals surface area contributed by atoms with Gasteiger partial charge in [-0.3, -0.25) is 0 Å². The smallest absolute Gasteiger partial charge is 0.155 e. The average molecular weight is 182 g/mol. The lowest BCUT2D eigenvalue weighted by molar-refractivity contribution is -0.262. The summed E-state index contributed by atoms with van der Waals surface area (Å²) in [5, 5.41) is 0. The SMILES string of the molecule is CC1OCCC2(CC3CCC2C3)O1. The molecule has 3 fully saturated rings. The Bertz CT molecular complexity index is 216. The molecule has 0 amide bonds. The van der Waals surface area contributed by atoms with Crippen LogP contribution in [0.2, 0.25) is 0 Å². The minimum absolute atomic E-state index is 0.0353. The van der Waals surface area contributed by atoms with Crippen LogP contribution < -0.4 is 0 Å². The van der Waals surface area contributed by atoms with Gasteiger partial charge in [-0.2, -0.15) is 0 Å². The molecule has 3 rings (SSSR count). The quantitative estimate of drug-likeness (QED) is 0.572. The first kappa shape index (κ1) is 8.25. The van der Waals surface area contributed by atoms with Gasteiger partial charge < -0.3 is 9.47 Å². The molecule has 2 heteroatoms. The summed E-state index contributed by atoms with van der Waals surface area (Å²) in [7, 11) is 0. The molecule has 1 heterocycles. The van der Waals surface area contributed by atoms with Gasteiger partial charge in [-0.25, -0.2) is 0 Å². The molecule has 0 aromatic heterocycles. The standard InChI is InChI=1S/C11H18O2/c1-8-12-5-4-11(13-8)7-9-2-3-10(11)6-9/h8-10H,2-7H2,1H3. The fourth-order valence-corrected chi connectivity index (χ4v) is 3.67. The molecule has 0 N–H and O–H groups in total. The van der Waals surface area contributed by atoms with Crippen LogP contribution in [0.25, 0.3) is 0 Å². The van der Waals surface area contributed by atoms with E-state index in [2.05, 4.69) is 0 Å². The van der Waals surface area contributed by atoms with Crippen molar-refractivity contribution in [3.05, 3.63) is 0 Å². The highest BCUT2D eigenvalue weighted by molar-refractivity contribution is 5.03. The minimum Gasteiger partial charge on any atom is -0.353 e. The lowest BCUT2D eigenvalue weighted by Gasteiger charge is -2.43. The molecule has 0 aromatic rings. The van der Waals surface area contributed by atoms with E-state index in [9.17, 15) is 0 Å². The molecule has 13 heavy (non-hydrogen) atoms. The Morgan fingerprint density at radius 1 is 1.31 bits per heavy atom. The van der Waals surface area contributed by atoms with Crippen molar-refractivity contribution in [2.24, 2.45) is 11.8 Å². The van der Waals surface area contributed by atoms with Crippen LogP contribution in [0.1, 0.15) is 39.0 Å². The van der Waals surface area contributed by atoms with Crippen LogP contribution in [0, 0.1) is 11.8 Å². The van der Waals surface area contributed by atoms with Crippen molar-refractivity contribution in [1.82, 2.24) is 0 Å². The van der Waals surface area contributed by atoms with Crippen molar-refractivity contribution in [1.29, 1.82) is 0 Å². The van der Waals surface area contributed by atoms with Gasteiger partial charge in [0.05, 0.1) is 12.2 Å². The number of fused-ring (bicyclic) bond motifs is 3. The summed E-state index contributed by atoms with van der Waals surface area (Å²) in [5.41, 5.74) is 0.237. The van der Waals surface area contributed by atoms with Crippen molar-refractivity contribution in [3.8, 4) is 0 Å². The molecule has 1 saturated heterocycles. The molecule has 1 aliphatic heterocycles. The van der Waals surface area contributed by atoms with Crippen molar-refractivity contribution in [2.75, 3.05) is 6.61 Å². The molecule has 1 spiro atoms. The van der Waals surface area contributed by atoms with Crippen LogP contribution in [0.15, 0.2) is 0 Å². The van der Waals surface area contributed by atoms with E-state index in [-0.39, 0.29) is 11.9 Å². The van der Waals surface area contributed by atoms with Crippen LogP contribution in [0.5, 0.6) is 0 Å². The highest BCUT2D eigenvalue weighted by atomic mass is 16.7. The van der Waals surface area contributed by atoms with Crippen molar-refractivity contribution < 1.29 is 9.47 Å². The number of ether oxygens (including phenoxy) is 2. The first-order valence-electron chi connectivity index (χ1n) is 5.58. The lowest BCUT2D eigenvalue weighted by atomic mass is 9.81. The van der Waals surface area contributed by atoms with Crippen molar-refractivity contribution >= 4 is 0 Å². The predicted molar refractivity (Wildman–Crippen MR) is 49.3 cm³/mol. The first-order chi connectivity index (χ1) is 6.28. The molecule has 2 nitrogen and oxygen atoms in total. The molecule has 4 atom stereocenters. The van der Waals surface area contributed by atoms with Crippen LogP contribution in [-0.4, -0.2) is 18.5 Å². The maximum atomic E-state index is 6.05. The molecule has 4 unspecified atom stereocenters. The Morgan fingerprint density at radius 3 is 2.85 bits per heavy atom. The van der Waals surface area contributed by atoms with E-state index >= 15 is 0 Å². The van der Waals surface area contributed by atoms with E-state index in [4.69, 9.17) is 9.47 Å². The zero-order chi connectivity index (χ0) is 8.89. The summed E-state index contributed by atoms with van der Waals surface area (Å²) in [6, 6.07) is 0. The van der Waals surface area contributed by atoms with Gasteiger partial charge in [-0.05, 0) is 44.4 Å². The van der Waals surface area contributed by atoms with E-state index in [1.165, 1.54) is 25.7 Å².